The molecule has 0 aliphatic carbocycles. The molecular weight excluding hydrogens is 340 g/mol. The fourth-order valence-electron chi connectivity index (χ4n) is 4.67. The van der Waals surface area contributed by atoms with Crippen molar-refractivity contribution < 1.29 is 9.59 Å². The van der Waals surface area contributed by atoms with Gasteiger partial charge in [-0.2, -0.15) is 0 Å². The van der Waals surface area contributed by atoms with Gasteiger partial charge in [0.15, 0.2) is 0 Å². The summed E-state index contributed by atoms with van der Waals surface area (Å²) < 4.78 is 0. The molecule has 0 unspecified atom stereocenters. The van der Waals surface area contributed by atoms with E-state index in [1.807, 2.05) is 18.2 Å². The van der Waals surface area contributed by atoms with E-state index in [4.69, 9.17) is 0 Å². The number of anilines is 2. The maximum absolute atomic E-state index is 12.5. The minimum atomic E-state index is -0.0670. The molecule has 0 radical (unpaired) electrons. The molecule has 4 rings (SSSR count). The van der Waals surface area contributed by atoms with Crippen LogP contribution in [0.3, 0.4) is 0 Å². The van der Waals surface area contributed by atoms with Gasteiger partial charge < -0.3 is 20.4 Å². The zero-order valence-electron chi connectivity index (χ0n) is 16.2. The van der Waals surface area contributed by atoms with Crippen LogP contribution in [0.25, 0.3) is 0 Å². The van der Waals surface area contributed by atoms with E-state index in [0.717, 1.165) is 49.6 Å². The number of rotatable bonds is 5. The Morgan fingerprint density at radius 3 is 2.96 bits per heavy atom. The van der Waals surface area contributed by atoms with Crippen LogP contribution in [0.4, 0.5) is 11.4 Å². The summed E-state index contributed by atoms with van der Waals surface area (Å²) in [5.74, 6) is 0.769. The fourth-order valence-corrected chi connectivity index (χ4v) is 4.67. The lowest BCUT2D eigenvalue weighted by Crippen LogP contribution is -2.44. The molecule has 2 saturated heterocycles. The summed E-state index contributed by atoms with van der Waals surface area (Å²) in [6.45, 7) is 7.30. The summed E-state index contributed by atoms with van der Waals surface area (Å²) in [7, 11) is 0. The number of amides is 2. The highest BCUT2D eigenvalue weighted by Gasteiger charge is 2.36. The first-order chi connectivity index (χ1) is 13.1. The van der Waals surface area contributed by atoms with E-state index in [1.165, 1.54) is 25.9 Å². The van der Waals surface area contributed by atoms with Crippen LogP contribution in [0, 0.1) is 5.92 Å². The normalized spacial score (nSPS) is 24.9. The Morgan fingerprint density at radius 1 is 1.26 bits per heavy atom. The Kier molecular flexibility index (Phi) is 5.34. The summed E-state index contributed by atoms with van der Waals surface area (Å²) in [4.78, 5) is 29.4. The van der Waals surface area contributed by atoms with Gasteiger partial charge in [0, 0.05) is 25.2 Å². The summed E-state index contributed by atoms with van der Waals surface area (Å²) in [6.07, 6.45) is 5.53. The third-order valence-electron chi connectivity index (χ3n) is 6.06. The highest BCUT2D eigenvalue weighted by molar-refractivity contribution is 6.06. The fraction of sp³-hybridized carbons (Fsp3) is 0.619. The molecule has 0 bridgehead atoms. The molecule has 0 spiro atoms. The Balaban J connectivity index is 1.30. The second-order valence-corrected chi connectivity index (χ2v) is 8.23. The maximum Gasteiger partial charge on any atom is 0.251 e. The second-order valence-electron chi connectivity index (χ2n) is 8.23. The predicted octanol–water partition coefficient (Wildman–Crippen LogP) is 2.46. The van der Waals surface area contributed by atoms with Crippen LogP contribution in [-0.2, 0) is 4.79 Å². The summed E-state index contributed by atoms with van der Waals surface area (Å²) in [5.41, 5.74) is 2.40. The third kappa shape index (κ3) is 3.95. The van der Waals surface area contributed by atoms with Gasteiger partial charge >= 0.3 is 0 Å². The summed E-state index contributed by atoms with van der Waals surface area (Å²) >= 11 is 0. The Bertz CT molecular complexity index is 720. The molecule has 27 heavy (non-hydrogen) atoms. The molecule has 2 amide bonds. The van der Waals surface area contributed by atoms with Gasteiger partial charge in [0.05, 0.1) is 11.4 Å². The van der Waals surface area contributed by atoms with E-state index in [0.29, 0.717) is 12.1 Å². The maximum atomic E-state index is 12.5. The van der Waals surface area contributed by atoms with Crippen molar-refractivity contribution in [1.82, 2.24) is 10.2 Å². The Hall–Kier alpha value is -2.08. The number of benzene rings is 1. The molecule has 146 valence electrons. The largest absolute Gasteiger partial charge is 0.358 e. The number of hydrogen-bond donors (Lipinski definition) is 2. The minimum absolute atomic E-state index is 0.0466. The van der Waals surface area contributed by atoms with Crippen LogP contribution >= 0.6 is 0 Å². The smallest absolute Gasteiger partial charge is 0.251 e. The van der Waals surface area contributed by atoms with Gasteiger partial charge in [-0.3, -0.25) is 9.59 Å². The van der Waals surface area contributed by atoms with E-state index < -0.39 is 0 Å². The first-order valence-electron chi connectivity index (χ1n) is 10.3. The summed E-state index contributed by atoms with van der Waals surface area (Å²) in [5, 5.41) is 6.00. The van der Waals surface area contributed by atoms with Gasteiger partial charge in [0.1, 0.15) is 6.04 Å². The topological polar surface area (TPSA) is 64.7 Å². The molecule has 2 N–H and O–H groups in total. The van der Waals surface area contributed by atoms with Crippen LogP contribution in [-0.4, -0.2) is 55.5 Å². The Labute approximate surface area is 161 Å². The average Bonchev–Trinajstić information content (AvgIpc) is 3.15. The quantitative estimate of drug-likeness (QED) is 0.782. The number of piperidine rings is 1. The van der Waals surface area contributed by atoms with Crippen LogP contribution in [0.1, 0.15) is 49.4 Å². The monoisotopic (exact) mass is 370 g/mol. The van der Waals surface area contributed by atoms with E-state index in [1.54, 1.807) is 0 Å². The lowest BCUT2D eigenvalue weighted by molar-refractivity contribution is -0.117. The molecule has 3 heterocycles. The van der Waals surface area contributed by atoms with Crippen molar-refractivity contribution in [3.63, 3.8) is 0 Å². The van der Waals surface area contributed by atoms with Crippen molar-refractivity contribution >= 4 is 23.2 Å². The molecule has 2 atom stereocenters. The number of fused-ring (bicyclic) bond motifs is 3. The number of nitrogens with zero attached hydrogens (tertiary/aromatic N) is 2. The van der Waals surface area contributed by atoms with Crippen LogP contribution in [0.5, 0.6) is 0 Å². The van der Waals surface area contributed by atoms with Crippen LogP contribution < -0.4 is 15.5 Å². The van der Waals surface area contributed by atoms with E-state index in [-0.39, 0.29) is 17.9 Å². The molecule has 3 aliphatic rings. The number of hydrogen-bond acceptors (Lipinski definition) is 4. The number of carbonyl (C=O) groups excluding carboxylic acids is 2. The molecule has 6 heteroatoms. The van der Waals surface area contributed by atoms with E-state index in [9.17, 15) is 9.59 Å². The average molecular weight is 370 g/mol. The standard InChI is InChI=1S/C21H30N4O2/c1-15-5-2-10-24(14-15)11-4-9-22-20(26)16-7-8-18-17(13-16)23-21(27)19-6-3-12-25(18)19/h7-8,13,15,19H,2-6,9-12,14H2,1H3,(H,22,26)(H,23,27)/t15-,19-/m0/s1. The summed E-state index contributed by atoms with van der Waals surface area (Å²) in [6, 6.07) is 5.60. The number of likely N-dealkylation sites (tertiary alicyclic amines) is 1. The van der Waals surface area contributed by atoms with Crippen molar-refractivity contribution in [2.24, 2.45) is 5.92 Å². The zero-order chi connectivity index (χ0) is 18.8. The lowest BCUT2D eigenvalue weighted by Gasteiger charge is -2.33. The second kappa shape index (κ2) is 7.89. The van der Waals surface area contributed by atoms with E-state index >= 15 is 0 Å². The molecule has 6 nitrogen and oxygen atoms in total. The molecular formula is C21H30N4O2. The minimum Gasteiger partial charge on any atom is -0.358 e. The predicted molar refractivity (Wildman–Crippen MR) is 107 cm³/mol. The zero-order valence-corrected chi connectivity index (χ0v) is 16.2. The lowest BCUT2D eigenvalue weighted by atomic mass is 10.0. The molecule has 3 aliphatic heterocycles. The molecule has 0 aromatic heterocycles. The van der Waals surface area contributed by atoms with Crippen LogP contribution in [0.15, 0.2) is 18.2 Å². The SMILES string of the molecule is C[C@H]1CCCN(CCCNC(=O)c2ccc3c(c2)NC(=O)[C@@H]2CCCN32)C1. The van der Waals surface area contributed by atoms with Crippen molar-refractivity contribution in [3.05, 3.63) is 23.8 Å². The van der Waals surface area contributed by atoms with Crippen molar-refractivity contribution in [2.45, 2.75) is 45.1 Å². The van der Waals surface area contributed by atoms with Gasteiger partial charge in [-0.15, -0.1) is 0 Å². The van der Waals surface area contributed by atoms with Crippen LogP contribution in [0.2, 0.25) is 0 Å². The van der Waals surface area contributed by atoms with Gasteiger partial charge in [-0.1, -0.05) is 6.92 Å². The number of nitrogens with one attached hydrogen (secondary N) is 2. The van der Waals surface area contributed by atoms with Gasteiger partial charge in [-0.25, -0.2) is 0 Å². The third-order valence-corrected chi connectivity index (χ3v) is 6.06. The first kappa shape index (κ1) is 18.3. The van der Waals surface area contributed by atoms with Crippen molar-refractivity contribution in [2.75, 3.05) is 42.9 Å². The van der Waals surface area contributed by atoms with Gasteiger partial charge in [0.2, 0.25) is 5.91 Å². The molecule has 1 aromatic rings. The Morgan fingerprint density at radius 2 is 2.11 bits per heavy atom. The van der Waals surface area contributed by atoms with Gasteiger partial charge in [-0.05, 0) is 69.3 Å². The highest BCUT2D eigenvalue weighted by Crippen LogP contribution is 2.37. The highest BCUT2D eigenvalue weighted by atomic mass is 16.2. The van der Waals surface area contributed by atoms with Gasteiger partial charge in [0.25, 0.3) is 5.91 Å². The van der Waals surface area contributed by atoms with E-state index in [2.05, 4.69) is 27.4 Å². The molecule has 0 saturated carbocycles. The van der Waals surface area contributed by atoms with Crippen molar-refractivity contribution in [1.29, 1.82) is 0 Å². The molecule has 1 aromatic carbocycles. The molecule has 2 fully saturated rings. The number of carbonyl (C=O) groups is 2. The van der Waals surface area contributed by atoms with Crippen molar-refractivity contribution in [3.8, 4) is 0 Å². The first-order valence-corrected chi connectivity index (χ1v) is 10.3.